The average Bonchev–Trinajstić information content (AvgIpc) is 2.27. The predicted octanol–water partition coefficient (Wildman–Crippen LogP) is 1.12. The summed E-state index contributed by atoms with van der Waals surface area (Å²) >= 11 is 0. The van der Waals surface area contributed by atoms with Gasteiger partial charge in [0.15, 0.2) is 0 Å². The van der Waals surface area contributed by atoms with Crippen molar-refractivity contribution in [3.63, 3.8) is 0 Å². The molecular weight excluding hydrogens is 206 g/mol. The Morgan fingerprint density at radius 2 is 1.75 bits per heavy atom. The molecule has 0 atom stereocenters. The topological polar surface area (TPSA) is 77.8 Å². The highest BCUT2D eigenvalue weighted by Crippen LogP contribution is 2.13. The molecule has 0 amide bonds. The molecule has 0 saturated heterocycles. The number of H-pyrrole nitrogens is 2. The quantitative estimate of drug-likeness (QED) is 0.705. The van der Waals surface area contributed by atoms with Crippen molar-refractivity contribution in [1.82, 2.24) is 9.97 Å². The van der Waals surface area contributed by atoms with Crippen LogP contribution >= 0.6 is 0 Å². The fraction of sp³-hybridized carbons (Fsp3) is 0.0909. The fourth-order valence-corrected chi connectivity index (χ4v) is 1.34. The lowest BCUT2D eigenvalue weighted by Crippen LogP contribution is -2.25. The highest BCUT2D eigenvalue weighted by Gasteiger charge is 2.03. The molecule has 1 aromatic carbocycles. The van der Waals surface area contributed by atoms with Crippen LogP contribution in [-0.2, 0) is 0 Å². The van der Waals surface area contributed by atoms with E-state index in [0.717, 1.165) is 5.69 Å². The van der Waals surface area contributed by atoms with Crippen molar-refractivity contribution < 1.29 is 0 Å². The normalized spacial score (nSPS) is 10.1. The molecule has 0 fully saturated rings. The minimum atomic E-state index is -0.519. The Bertz CT molecular complexity index is 599. The van der Waals surface area contributed by atoms with Crippen molar-refractivity contribution in [2.75, 3.05) is 5.32 Å². The highest BCUT2D eigenvalue weighted by molar-refractivity contribution is 5.57. The van der Waals surface area contributed by atoms with Crippen LogP contribution in [0.1, 0.15) is 5.56 Å². The summed E-state index contributed by atoms with van der Waals surface area (Å²) in [4.78, 5) is 27.1. The molecule has 0 spiro atoms. The van der Waals surface area contributed by atoms with Gasteiger partial charge in [-0.15, -0.1) is 0 Å². The molecule has 3 N–H and O–H groups in total. The molecule has 2 aromatic rings. The van der Waals surface area contributed by atoms with Gasteiger partial charge in [-0.3, -0.25) is 14.8 Å². The van der Waals surface area contributed by atoms with E-state index < -0.39 is 5.69 Å². The summed E-state index contributed by atoms with van der Waals surface area (Å²) in [7, 11) is 0. The smallest absolute Gasteiger partial charge is 0.327 e. The van der Waals surface area contributed by atoms with Crippen molar-refractivity contribution >= 4 is 11.5 Å². The zero-order valence-corrected chi connectivity index (χ0v) is 8.70. The molecule has 0 aliphatic carbocycles. The maximum absolute atomic E-state index is 11.3. The molecule has 0 aliphatic heterocycles. The van der Waals surface area contributed by atoms with E-state index in [1.807, 2.05) is 30.3 Å². The Hall–Kier alpha value is -2.30. The van der Waals surface area contributed by atoms with Crippen LogP contribution in [0.4, 0.5) is 11.5 Å². The van der Waals surface area contributed by atoms with Crippen LogP contribution in [0.25, 0.3) is 0 Å². The van der Waals surface area contributed by atoms with Crippen molar-refractivity contribution in [2.24, 2.45) is 0 Å². The average molecular weight is 217 g/mol. The first-order valence-corrected chi connectivity index (χ1v) is 4.82. The highest BCUT2D eigenvalue weighted by atomic mass is 16.2. The molecular formula is C11H11N3O2. The number of hydrogen-bond donors (Lipinski definition) is 3. The number of nitrogens with one attached hydrogen (secondary N) is 3. The number of hydrogen-bond acceptors (Lipinski definition) is 3. The zero-order chi connectivity index (χ0) is 11.5. The molecule has 0 radical (unpaired) electrons. The number of anilines is 2. The van der Waals surface area contributed by atoms with E-state index >= 15 is 0 Å². The van der Waals surface area contributed by atoms with Gasteiger partial charge in [-0.05, 0) is 19.1 Å². The molecule has 82 valence electrons. The molecule has 5 nitrogen and oxygen atoms in total. The lowest BCUT2D eigenvalue weighted by atomic mass is 10.3. The van der Waals surface area contributed by atoms with E-state index in [9.17, 15) is 9.59 Å². The van der Waals surface area contributed by atoms with E-state index in [1.54, 1.807) is 6.92 Å². The van der Waals surface area contributed by atoms with Gasteiger partial charge in [-0.25, -0.2) is 4.79 Å². The van der Waals surface area contributed by atoms with Gasteiger partial charge in [0.1, 0.15) is 5.82 Å². The van der Waals surface area contributed by atoms with Gasteiger partial charge in [0.05, 0.1) is 5.56 Å². The summed E-state index contributed by atoms with van der Waals surface area (Å²) in [6.07, 6.45) is 0. The monoisotopic (exact) mass is 217 g/mol. The summed E-state index contributed by atoms with van der Waals surface area (Å²) in [6, 6.07) is 9.31. The van der Waals surface area contributed by atoms with E-state index in [2.05, 4.69) is 15.3 Å². The van der Waals surface area contributed by atoms with Crippen LogP contribution in [0.15, 0.2) is 39.9 Å². The second kappa shape index (κ2) is 4.06. The molecule has 1 aromatic heterocycles. The van der Waals surface area contributed by atoms with Crippen LogP contribution < -0.4 is 16.6 Å². The second-order valence-electron chi connectivity index (χ2n) is 3.40. The third-order valence-electron chi connectivity index (χ3n) is 2.22. The van der Waals surface area contributed by atoms with E-state index in [1.165, 1.54) is 0 Å². The Morgan fingerprint density at radius 1 is 1.06 bits per heavy atom. The van der Waals surface area contributed by atoms with Crippen molar-refractivity contribution in [2.45, 2.75) is 6.92 Å². The number of aromatic nitrogens is 2. The number of para-hydroxylation sites is 1. The Labute approximate surface area is 91.2 Å². The van der Waals surface area contributed by atoms with Gasteiger partial charge >= 0.3 is 5.69 Å². The van der Waals surface area contributed by atoms with Gasteiger partial charge in [0, 0.05) is 5.69 Å². The van der Waals surface area contributed by atoms with Crippen molar-refractivity contribution in [1.29, 1.82) is 0 Å². The Morgan fingerprint density at radius 3 is 2.44 bits per heavy atom. The first-order chi connectivity index (χ1) is 7.66. The molecule has 0 unspecified atom stereocenters. The first-order valence-electron chi connectivity index (χ1n) is 4.82. The largest absolute Gasteiger partial charge is 0.341 e. The Balaban J connectivity index is 2.43. The van der Waals surface area contributed by atoms with E-state index in [0.29, 0.717) is 11.4 Å². The molecule has 16 heavy (non-hydrogen) atoms. The lowest BCUT2D eigenvalue weighted by Gasteiger charge is -2.07. The lowest BCUT2D eigenvalue weighted by molar-refractivity contribution is 1.01. The summed E-state index contributed by atoms with van der Waals surface area (Å²) in [6.45, 7) is 1.64. The van der Waals surface area contributed by atoms with E-state index in [4.69, 9.17) is 0 Å². The summed E-state index contributed by atoms with van der Waals surface area (Å²) in [5, 5.41) is 2.98. The van der Waals surface area contributed by atoms with Gasteiger partial charge in [0.2, 0.25) is 0 Å². The van der Waals surface area contributed by atoms with Crippen molar-refractivity contribution in [3.05, 3.63) is 56.7 Å². The maximum atomic E-state index is 11.3. The van der Waals surface area contributed by atoms with E-state index in [-0.39, 0.29) is 5.56 Å². The minimum absolute atomic E-state index is 0.387. The molecule has 5 heteroatoms. The summed E-state index contributed by atoms with van der Waals surface area (Å²) in [5.74, 6) is 0.417. The van der Waals surface area contributed by atoms with Crippen LogP contribution in [0.3, 0.4) is 0 Å². The van der Waals surface area contributed by atoms with Gasteiger partial charge < -0.3 is 5.32 Å². The summed E-state index contributed by atoms with van der Waals surface area (Å²) in [5.41, 5.74) is 0.353. The third-order valence-corrected chi connectivity index (χ3v) is 2.22. The third kappa shape index (κ3) is 2.03. The number of aromatic amines is 2. The van der Waals surface area contributed by atoms with Crippen LogP contribution in [0, 0.1) is 6.92 Å². The SMILES string of the molecule is Cc1c(Nc2ccccc2)[nH]c(=O)[nH]c1=O. The molecule has 0 saturated carbocycles. The van der Waals surface area contributed by atoms with Crippen molar-refractivity contribution in [3.8, 4) is 0 Å². The Kier molecular flexibility index (Phi) is 2.59. The van der Waals surface area contributed by atoms with Crippen LogP contribution in [0.2, 0.25) is 0 Å². The van der Waals surface area contributed by atoms with Gasteiger partial charge in [0.25, 0.3) is 5.56 Å². The molecule has 1 heterocycles. The maximum Gasteiger partial charge on any atom is 0.327 e. The predicted molar refractivity (Wildman–Crippen MR) is 62.1 cm³/mol. The minimum Gasteiger partial charge on any atom is -0.341 e. The standard InChI is InChI=1S/C11H11N3O2/c1-7-9(13-11(16)14-10(7)15)12-8-5-3-2-4-6-8/h2-6H,1H3,(H3,12,13,14,15,16). The summed E-state index contributed by atoms with van der Waals surface area (Å²) < 4.78 is 0. The zero-order valence-electron chi connectivity index (χ0n) is 8.70. The number of rotatable bonds is 2. The molecule has 2 rings (SSSR count). The van der Waals surface area contributed by atoms with Crippen LogP contribution in [-0.4, -0.2) is 9.97 Å². The van der Waals surface area contributed by atoms with Gasteiger partial charge in [-0.2, -0.15) is 0 Å². The van der Waals surface area contributed by atoms with Gasteiger partial charge in [-0.1, -0.05) is 18.2 Å². The fourth-order valence-electron chi connectivity index (χ4n) is 1.34. The van der Waals surface area contributed by atoms with Crippen LogP contribution in [0.5, 0.6) is 0 Å². The molecule has 0 bridgehead atoms. The number of benzene rings is 1. The molecule has 0 aliphatic rings. The first kappa shape index (κ1) is 10.2. The second-order valence-corrected chi connectivity index (χ2v) is 3.40.